The summed E-state index contributed by atoms with van der Waals surface area (Å²) in [5.74, 6) is -1.39. The Hall–Kier alpha value is -2.67. The van der Waals surface area contributed by atoms with Crippen molar-refractivity contribution in [3.63, 3.8) is 0 Å². The van der Waals surface area contributed by atoms with Gasteiger partial charge >= 0.3 is 6.03 Å². The van der Waals surface area contributed by atoms with Crippen LogP contribution in [0.5, 0.6) is 0 Å². The molecule has 0 saturated carbocycles. The van der Waals surface area contributed by atoms with E-state index in [9.17, 15) is 13.6 Å². The standard InChI is InChI=1S/C27H27Cl2F2N3O/c1-16(2)32-27(35)33-25(19-11-23(30)13-24(31)12-19)20-14-34(15-20)26(17-3-7-21(28)8-4-17)18-5-9-22(29)10-6-18/h3-13,16,20,25-26H,14-15H2,1-2H3,(H2,32,33,35). The van der Waals surface area contributed by atoms with Gasteiger partial charge in [0.1, 0.15) is 11.6 Å². The SMILES string of the molecule is CC(C)NC(=O)NC(c1cc(F)cc(F)c1)C1CN(C(c2ccc(Cl)cc2)c2ccc(Cl)cc2)C1. The third-order valence-electron chi connectivity index (χ3n) is 6.10. The van der Waals surface area contributed by atoms with E-state index in [1.54, 1.807) is 0 Å². The molecule has 0 spiro atoms. The maximum atomic E-state index is 14.0. The fraction of sp³-hybridized carbons (Fsp3) is 0.296. The first-order valence-electron chi connectivity index (χ1n) is 11.5. The number of hydrogen-bond acceptors (Lipinski definition) is 2. The van der Waals surface area contributed by atoms with Gasteiger partial charge in [-0.3, -0.25) is 4.90 Å². The quantitative estimate of drug-likeness (QED) is 0.364. The zero-order valence-corrected chi connectivity index (χ0v) is 21.0. The Morgan fingerprint density at radius 3 is 1.77 bits per heavy atom. The summed E-state index contributed by atoms with van der Waals surface area (Å²) in [7, 11) is 0. The largest absolute Gasteiger partial charge is 0.336 e. The third-order valence-corrected chi connectivity index (χ3v) is 6.60. The molecule has 3 aromatic rings. The molecular weight excluding hydrogens is 491 g/mol. The maximum absolute atomic E-state index is 14.0. The lowest BCUT2D eigenvalue weighted by atomic mass is 9.83. The fourth-order valence-electron chi connectivity index (χ4n) is 4.55. The zero-order valence-electron chi connectivity index (χ0n) is 19.4. The second kappa shape index (κ2) is 10.9. The Morgan fingerprint density at radius 1 is 0.829 bits per heavy atom. The molecule has 1 fully saturated rings. The molecule has 1 unspecified atom stereocenters. The summed E-state index contributed by atoms with van der Waals surface area (Å²) in [6, 6.07) is 17.7. The molecule has 3 aromatic carbocycles. The summed E-state index contributed by atoms with van der Waals surface area (Å²) in [4.78, 5) is 14.8. The Balaban J connectivity index is 1.60. The van der Waals surface area contributed by atoms with Crippen molar-refractivity contribution in [1.82, 2.24) is 15.5 Å². The van der Waals surface area contributed by atoms with Crippen molar-refractivity contribution >= 4 is 29.2 Å². The highest BCUT2D eigenvalue weighted by atomic mass is 35.5. The van der Waals surface area contributed by atoms with Crippen LogP contribution in [0.3, 0.4) is 0 Å². The van der Waals surface area contributed by atoms with Crippen LogP contribution < -0.4 is 10.6 Å². The van der Waals surface area contributed by atoms with Crippen molar-refractivity contribution in [1.29, 1.82) is 0 Å². The Bertz CT molecular complexity index is 1100. The van der Waals surface area contributed by atoms with Gasteiger partial charge in [-0.25, -0.2) is 13.6 Å². The molecule has 1 aliphatic heterocycles. The lowest BCUT2D eigenvalue weighted by Crippen LogP contribution is -2.55. The summed E-state index contributed by atoms with van der Waals surface area (Å²) >= 11 is 12.2. The monoisotopic (exact) mass is 517 g/mol. The van der Waals surface area contributed by atoms with Gasteiger partial charge in [-0.2, -0.15) is 0 Å². The molecule has 0 radical (unpaired) electrons. The number of carbonyl (C=O) groups excluding carboxylic acids is 1. The van der Waals surface area contributed by atoms with E-state index < -0.39 is 17.7 Å². The molecule has 2 N–H and O–H groups in total. The van der Waals surface area contributed by atoms with E-state index in [-0.39, 0.29) is 24.0 Å². The van der Waals surface area contributed by atoms with Crippen LogP contribution >= 0.6 is 23.2 Å². The normalized spacial score (nSPS) is 15.2. The lowest BCUT2D eigenvalue weighted by Gasteiger charge is -2.48. The molecule has 0 aromatic heterocycles. The van der Waals surface area contributed by atoms with Gasteiger partial charge < -0.3 is 10.6 Å². The van der Waals surface area contributed by atoms with Crippen LogP contribution in [-0.2, 0) is 0 Å². The molecule has 1 saturated heterocycles. The van der Waals surface area contributed by atoms with Crippen LogP contribution in [0.4, 0.5) is 13.6 Å². The van der Waals surface area contributed by atoms with Crippen LogP contribution in [0.1, 0.15) is 42.6 Å². The van der Waals surface area contributed by atoms with Gasteiger partial charge in [-0.1, -0.05) is 47.5 Å². The van der Waals surface area contributed by atoms with Crippen LogP contribution in [0, 0.1) is 17.6 Å². The number of hydrogen-bond donors (Lipinski definition) is 2. The number of likely N-dealkylation sites (tertiary alicyclic amines) is 1. The van der Waals surface area contributed by atoms with E-state index in [1.807, 2.05) is 62.4 Å². The first kappa shape index (κ1) is 25.4. The number of rotatable bonds is 7. The fourth-order valence-corrected chi connectivity index (χ4v) is 4.80. The van der Waals surface area contributed by atoms with Gasteiger partial charge in [0, 0.05) is 41.2 Å². The van der Waals surface area contributed by atoms with Crippen molar-refractivity contribution in [2.24, 2.45) is 5.92 Å². The van der Waals surface area contributed by atoms with E-state index in [2.05, 4.69) is 15.5 Å². The first-order chi connectivity index (χ1) is 16.7. The number of carbonyl (C=O) groups is 1. The number of halogens is 4. The molecular formula is C27H27Cl2F2N3O. The van der Waals surface area contributed by atoms with Crippen LogP contribution in [0.15, 0.2) is 66.7 Å². The van der Waals surface area contributed by atoms with Crippen LogP contribution in [0.2, 0.25) is 10.0 Å². The van der Waals surface area contributed by atoms with Gasteiger partial charge in [0.25, 0.3) is 0 Å². The molecule has 1 aliphatic rings. The predicted octanol–water partition coefficient (Wildman–Crippen LogP) is 6.74. The molecule has 35 heavy (non-hydrogen) atoms. The topological polar surface area (TPSA) is 44.4 Å². The second-order valence-corrected chi connectivity index (χ2v) is 10.0. The summed E-state index contributed by atoms with van der Waals surface area (Å²) in [5.41, 5.74) is 2.53. The van der Waals surface area contributed by atoms with Gasteiger partial charge in [0.15, 0.2) is 0 Å². The Kier molecular flexibility index (Phi) is 7.95. The second-order valence-electron chi connectivity index (χ2n) is 9.17. The van der Waals surface area contributed by atoms with Gasteiger partial charge in [-0.15, -0.1) is 0 Å². The first-order valence-corrected chi connectivity index (χ1v) is 12.2. The Labute approximate surface area is 214 Å². The zero-order chi connectivity index (χ0) is 25.1. The molecule has 4 nitrogen and oxygen atoms in total. The number of urea groups is 1. The van der Waals surface area contributed by atoms with Crippen LogP contribution in [0.25, 0.3) is 0 Å². The van der Waals surface area contributed by atoms with Crippen molar-refractivity contribution < 1.29 is 13.6 Å². The number of benzene rings is 3. The van der Waals surface area contributed by atoms with Crippen molar-refractivity contribution in [2.75, 3.05) is 13.1 Å². The molecule has 184 valence electrons. The minimum Gasteiger partial charge on any atom is -0.336 e. The minimum absolute atomic E-state index is 0.0452. The number of nitrogens with zero attached hydrogens (tertiary/aromatic N) is 1. The highest BCUT2D eigenvalue weighted by Crippen LogP contribution is 2.39. The minimum atomic E-state index is -0.674. The average molecular weight is 518 g/mol. The molecule has 4 rings (SSSR count). The smallest absolute Gasteiger partial charge is 0.315 e. The van der Waals surface area contributed by atoms with Crippen molar-refractivity contribution in [3.05, 3.63) is 105 Å². The summed E-state index contributed by atoms with van der Waals surface area (Å²) < 4.78 is 28.1. The molecule has 0 bridgehead atoms. The van der Waals surface area contributed by atoms with E-state index >= 15 is 0 Å². The highest BCUT2D eigenvalue weighted by molar-refractivity contribution is 6.30. The maximum Gasteiger partial charge on any atom is 0.315 e. The van der Waals surface area contributed by atoms with E-state index in [1.165, 1.54) is 12.1 Å². The van der Waals surface area contributed by atoms with E-state index in [0.717, 1.165) is 17.2 Å². The molecule has 0 aliphatic carbocycles. The highest BCUT2D eigenvalue weighted by Gasteiger charge is 2.40. The van der Waals surface area contributed by atoms with E-state index in [4.69, 9.17) is 23.2 Å². The van der Waals surface area contributed by atoms with Crippen molar-refractivity contribution in [3.8, 4) is 0 Å². The Morgan fingerprint density at radius 2 is 1.31 bits per heavy atom. The lowest BCUT2D eigenvalue weighted by molar-refractivity contribution is 0.0459. The molecule has 8 heteroatoms. The van der Waals surface area contributed by atoms with Crippen LogP contribution in [-0.4, -0.2) is 30.1 Å². The van der Waals surface area contributed by atoms with E-state index in [0.29, 0.717) is 28.7 Å². The molecule has 2 amide bonds. The number of amides is 2. The third kappa shape index (κ3) is 6.31. The molecule has 1 heterocycles. The van der Waals surface area contributed by atoms with Gasteiger partial charge in [0.05, 0.1) is 12.1 Å². The van der Waals surface area contributed by atoms with Gasteiger partial charge in [-0.05, 0) is 66.9 Å². The molecule has 1 atom stereocenters. The van der Waals surface area contributed by atoms with Crippen molar-refractivity contribution in [2.45, 2.75) is 32.0 Å². The van der Waals surface area contributed by atoms with Gasteiger partial charge in [0.2, 0.25) is 0 Å². The average Bonchev–Trinajstić information content (AvgIpc) is 2.75. The summed E-state index contributed by atoms with van der Waals surface area (Å²) in [6.45, 7) is 4.93. The number of nitrogens with one attached hydrogen (secondary N) is 2. The predicted molar refractivity (Wildman–Crippen MR) is 136 cm³/mol. The summed E-state index contributed by atoms with van der Waals surface area (Å²) in [5, 5.41) is 7.03. The summed E-state index contributed by atoms with van der Waals surface area (Å²) in [6.07, 6.45) is 0.